The zero-order chi connectivity index (χ0) is 18.3. The molecule has 1 fully saturated rings. The first-order valence-electron chi connectivity index (χ1n) is 8.76. The van der Waals surface area contributed by atoms with E-state index in [9.17, 15) is 8.42 Å². The summed E-state index contributed by atoms with van der Waals surface area (Å²) in [5.41, 5.74) is 2.22. The number of anilines is 1. The molecule has 25 heavy (non-hydrogen) atoms. The second-order valence-corrected chi connectivity index (χ2v) is 7.98. The van der Waals surface area contributed by atoms with Gasteiger partial charge in [0.15, 0.2) is 0 Å². The van der Waals surface area contributed by atoms with E-state index in [2.05, 4.69) is 38.6 Å². The Bertz CT molecular complexity index is 613. The van der Waals surface area contributed by atoms with E-state index in [4.69, 9.17) is 4.74 Å². The largest absolute Gasteiger partial charge is 0.379 e. The Hall–Kier alpha value is -1.19. The third-order valence-electron chi connectivity index (χ3n) is 4.29. The van der Waals surface area contributed by atoms with E-state index in [0.29, 0.717) is 26.3 Å². The van der Waals surface area contributed by atoms with Crippen LogP contribution in [0.1, 0.15) is 24.9 Å². The predicted molar refractivity (Wildman–Crippen MR) is 101 cm³/mol. The van der Waals surface area contributed by atoms with Crippen molar-refractivity contribution < 1.29 is 13.2 Å². The summed E-state index contributed by atoms with van der Waals surface area (Å²) in [6, 6.07) is 8.25. The van der Waals surface area contributed by atoms with E-state index >= 15 is 0 Å². The molecule has 2 rings (SSSR count). The van der Waals surface area contributed by atoms with Crippen LogP contribution in [0.5, 0.6) is 0 Å². The van der Waals surface area contributed by atoms with Crippen molar-refractivity contribution in [3.8, 4) is 0 Å². The minimum Gasteiger partial charge on any atom is -0.379 e. The number of rotatable bonds is 9. The number of ether oxygens (including phenoxy) is 1. The van der Waals surface area contributed by atoms with Crippen molar-refractivity contribution >= 4 is 15.9 Å². The predicted octanol–water partition coefficient (Wildman–Crippen LogP) is 0.960. The Morgan fingerprint density at radius 1 is 1.16 bits per heavy atom. The fraction of sp³-hybridized carbons (Fsp3) is 0.647. The average molecular weight is 371 g/mol. The smallest absolute Gasteiger partial charge is 0.276 e. The lowest BCUT2D eigenvalue weighted by Gasteiger charge is -2.35. The van der Waals surface area contributed by atoms with E-state index in [0.717, 1.165) is 30.8 Å². The van der Waals surface area contributed by atoms with Gasteiger partial charge in [0.25, 0.3) is 10.2 Å². The lowest BCUT2D eigenvalue weighted by Crippen LogP contribution is -2.46. The van der Waals surface area contributed by atoms with Crippen LogP contribution in [0.3, 0.4) is 0 Å². The molecule has 1 aliphatic heterocycles. The van der Waals surface area contributed by atoms with Gasteiger partial charge in [-0.05, 0) is 24.1 Å². The van der Waals surface area contributed by atoms with E-state index < -0.39 is 10.2 Å². The van der Waals surface area contributed by atoms with Gasteiger partial charge in [-0.1, -0.05) is 19.1 Å². The second kappa shape index (κ2) is 9.49. The SMILES string of the molecule is CCCNS(=O)(=O)NCC(c1ccc(N(C)C)cc1)N1CCOCC1. The van der Waals surface area contributed by atoms with Crippen LogP contribution < -0.4 is 14.3 Å². The molecule has 2 N–H and O–H groups in total. The molecule has 142 valence electrons. The van der Waals surface area contributed by atoms with Gasteiger partial charge < -0.3 is 9.64 Å². The molecule has 0 aliphatic carbocycles. The summed E-state index contributed by atoms with van der Waals surface area (Å²) < 4.78 is 34.8. The number of nitrogens with zero attached hydrogens (tertiary/aromatic N) is 2. The van der Waals surface area contributed by atoms with Crippen LogP contribution >= 0.6 is 0 Å². The summed E-state index contributed by atoms with van der Waals surface area (Å²) in [5.74, 6) is 0. The molecular formula is C17H30N4O3S. The molecule has 0 radical (unpaired) electrons. The summed E-state index contributed by atoms with van der Waals surface area (Å²) in [6.45, 7) is 5.65. The molecule has 8 heteroatoms. The molecule has 0 aromatic heterocycles. The number of hydrogen-bond donors (Lipinski definition) is 2. The minimum absolute atomic E-state index is 0.0155. The monoisotopic (exact) mass is 370 g/mol. The van der Waals surface area contributed by atoms with E-state index in [1.807, 2.05) is 25.9 Å². The third-order valence-corrected chi connectivity index (χ3v) is 5.42. The molecule has 1 unspecified atom stereocenters. The molecule has 1 atom stereocenters. The van der Waals surface area contributed by atoms with Gasteiger partial charge in [-0.2, -0.15) is 8.42 Å². The zero-order valence-electron chi connectivity index (χ0n) is 15.4. The van der Waals surface area contributed by atoms with Gasteiger partial charge in [-0.3, -0.25) is 4.90 Å². The quantitative estimate of drug-likeness (QED) is 0.677. The fourth-order valence-corrected chi connectivity index (χ4v) is 3.77. The first-order chi connectivity index (χ1) is 11.9. The molecule has 1 aliphatic rings. The molecule has 0 amide bonds. The lowest BCUT2D eigenvalue weighted by molar-refractivity contribution is 0.0172. The molecule has 0 saturated carbocycles. The highest BCUT2D eigenvalue weighted by molar-refractivity contribution is 7.87. The Morgan fingerprint density at radius 2 is 1.80 bits per heavy atom. The number of nitrogens with one attached hydrogen (secondary N) is 2. The van der Waals surface area contributed by atoms with Gasteiger partial charge in [0.1, 0.15) is 0 Å². The van der Waals surface area contributed by atoms with E-state index in [-0.39, 0.29) is 6.04 Å². The van der Waals surface area contributed by atoms with Crippen molar-refractivity contribution in [1.82, 2.24) is 14.3 Å². The highest BCUT2D eigenvalue weighted by atomic mass is 32.2. The normalized spacial score (nSPS) is 17.4. The molecule has 1 saturated heterocycles. The first-order valence-corrected chi connectivity index (χ1v) is 10.2. The lowest BCUT2D eigenvalue weighted by atomic mass is 10.0. The van der Waals surface area contributed by atoms with E-state index in [1.165, 1.54) is 0 Å². The van der Waals surface area contributed by atoms with Crippen LogP contribution in [0.15, 0.2) is 24.3 Å². The summed E-state index contributed by atoms with van der Waals surface area (Å²) in [7, 11) is 0.531. The maximum Gasteiger partial charge on any atom is 0.276 e. The van der Waals surface area contributed by atoms with Gasteiger partial charge in [0.2, 0.25) is 0 Å². The second-order valence-electron chi connectivity index (χ2n) is 6.40. The highest BCUT2D eigenvalue weighted by Crippen LogP contribution is 2.24. The molecule has 0 bridgehead atoms. The molecule has 7 nitrogen and oxygen atoms in total. The topological polar surface area (TPSA) is 73.9 Å². The third kappa shape index (κ3) is 6.23. The van der Waals surface area contributed by atoms with Crippen LogP contribution in [0, 0.1) is 0 Å². The number of morpholine rings is 1. The van der Waals surface area contributed by atoms with E-state index in [1.54, 1.807) is 0 Å². The van der Waals surface area contributed by atoms with Crippen molar-refractivity contribution in [2.45, 2.75) is 19.4 Å². The van der Waals surface area contributed by atoms with Gasteiger partial charge >= 0.3 is 0 Å². The molecule has 1 aromatic rings. The van der Waals surface area contributed by atoms with Crippen LogP contribution in [0.4, 0.5) is 5.69 Å². The Labute approximate surface area is 151 Å². The van der Waals surface area contributed by atoms with Crippen LogP contribution in [0.25, 0.3) is 0 Å². The van der Waals surface area contributed by atoms with Crippen molar-refractivity contribution in [3.05, 3.63) is 29.8 Å². The Kier molecular flexibility index (Phi) is 7.64. The minimum atomic E-state index is -3.47. The molecule has 1 heterocycles. The van der Waals surface area contributed by atoms with Gasteiger partial charge in [-0.25, -0.2) is 9.44 Å². The summed E-state index contributed by atoms with van der Waals surface area (Å²) in [4.78, 5) is 4.32. The molecular weight excluding hydrogens is 340 g/mol. The molecule has 1 aromatic carbocycles. The summed E-state index contributed by atoms with van der Waals surface area (Å²) in [6.07, 6.45) is 0.764. The van der Waals surface area contributed by atoms with Crippen molar-refractivity contribution in [1.29, 1.82) is 0 Å². The Balaban J connectivity index is 2.12. The van der Waals surface area contributed by atoms with Crippen LogP contribution in [0.2, 0.25) is 0 Å². The summed E-state index contributed by atoms with van der Waals surface area (Å²) in [5, 5.41) is 0. The standard InChI is InChI=1S/C17H30N4O3S/c1-4-9-18-25(22,23)19-14-17(21-10-12-24-13-11-21)15-5-7-16(8-6-15)20(2)3/h5-8,17-19H,4,9-14H2,1-3H3. The van der Waals surface area contributed by atoms with Gasteiger partial charge in [0, 0.05) is 52.0 Å². The number of benzene rings is 1. The summed E-state index contributed by atoms with van der Waals surface area (Å²) >= 11 is 0. The Morgan fingerprint density at radius 3 is 2.36 bits per heavy atom. The average Bonchev–Trinajstić information content (AvgIpc) is 2.61. The maximum absolute atomic E-state index is 12.1. The maximum atomic E-state index is 12.1. The van der Waals surface area contributed by atoms with Gasteiger partial charge in [0.05, 0.1) is 13.2 Å². The fourth-order valence-electron chi connectivity index (χ4n) is 2.82. The highest BCUT2D eigenvalue weighted by Gasteiger charge is 2.24. The first kappa shape index (κ1) is 20.1. The van der Waals surface area contributed by atoms with Crippen LogP contribution in [-0.2, 0) is 14.9 Å². The van der Waals surface area contributed by atoms with Crippen molar-refractivity contribution in [2.75, 3.05) is 58.4 Å². The zero-order valence-corrected chi connectivity index (χ0v) is 16.2. The van der Waals surface area contributed by atoms with Crippen molar-refractivity contribution in [3.63, 3.8) is 0 Å². The van der Waals surface area contributed by atoms with Gasteiger partial charge in [-0.15, -0.1) is 0 Å². The number of hydrogen-bond acceptors (Lipinski definition) is 5. The van der Waals surface area contributed by atoms with Crippen molar-refractivity contribution in [2.24, 2.45) is 0 Å². The molecule has 0 spiro atoms. The van der Waals surface area contributed by atoms with Crippen LogP contribution in [-0.4, -0.2) is 66.8 Å².